The lowest BCUT2D eigenvalue weighted by Crippen LogP contribution is -2.40. The molecule has 0 bridgehead atoms. The van der Waals surface area contributed by atoms with Crippen LogP contribution in [-0.4, -0.2) is 35.0 Å². The lowest BCUT2D eigenvalue weighted by Gasteiger charge is -2.24. The molecule has 5 heteroatoms. The average molecular weight is 211 g/mol. The van der Waals surface area contributed by atoms with Gasteiger partial charge in [0.2, 0.25) is 0 Å². The number of hydrogen-bond acceptors (Lipinski definition) is 3. The Hall–Kier alpha value is -1.36. The summed E-state index contributed by atoms with van der Waals surface area (Å²) in [5.74, 6) is -1.12. The zero-order valence-electron chi connectivity index (χ0n) is 7.40. The first-order valence-corrected chi connectivity index (χ1v) is 5.14. The topological polar surface area (TPSA) is 57.6 Å². The summed E-state index contributed by atoms with van der Waals surface area (Å²) >= 11 is 1.56. The number of fused-ring (bicyclic) bond motifs is 1. The molecule has 1 aliphatic heterocycles. The van der Waals surface area contributed by atoms with Crippen molar-refractivity contribution in [1.82, 2.24) is 4.90 Å². The van der Waals surface area contributed by atoms with Gasteiger partial charge >= 0.3 is 5.97 Å². The van der Waals surface area contributed by atoms with Gasteiger partial charge in [-0.3, -0.25) is 9.59 Å². The molecule has 4 nitrogen and oxygen atoms in total. The number of amides is 1. The highest BCUT2D eigenvalue weighted by atomic mass is 32.1. The fourth-order valence-electron chi connectivity index (χ4n) is 1.55. The minimum Gasteiger partial charge on any atom is -0.480 e. The van der Waals surface area contributed by atoms with Crippen molar-refractivity contribution in [2.75, 3.05) is 13.1 Å². The summed E-state index contributed by atoms with van der Waals surface area (Å²) in [5.41, 5.74) is 0.669. The van der Waals surface area contributed by atoms with Gasteiger partial charge in [0.05, 0.1) is 5.56 Å². The SMILES string of the molecule is O=C(O)CN1CCc2sccc2C1=O. The molecule has 1 amide bonds. The quantitative estimate of drug-likeness (QED) is 0.788. The van der Waals surface area contributed by atoms with Crippen molar-refractivity contribution < 1.29 is 14.7 Å². The second-order valence-electron chi connectivity index (χ2n) is 3.13. The molecular weight excluding hydrogens is 202 g/mol. The normalized spacial score (nSPS) is 15.4. The van der Waals surface area contributed by atoms with Gasteiger partial charge in [0.1, 0.15) is 6.54 Å². The van der Waals surface area contributed by atoms with E-state index in [4.69, 9.17) is 5.11 Å². The Kier molecular flexibility index (Phi) is 2.25. The number of carboxylic acids is 1. The smallest absolute Gasteiger partial charge is 0.323 e. The fourth-order valence-corrected chi connectivity index (χ4v) is 2.41. The van der Waals surface area contributed by atoms with Crippen molar-refractivity contribution in [3.63, 3.8) is 0 Å². The molecule has 2 rings (SSSR count). The summed E-state index contributed by atoms with van der Waals surface area (Å²) < 4.78 is 0. The molecule has 1 N–H and O–H groups in total. The summed E-state index contributed by atoms with van der Waals surface area (Å²) in [5, 5.41) is 10.5. The second-order valence-corrected chi connectivity index (χ2v) is 4.13. The minimum atomic E-state index is -0.961. The lowest BCUT2D eigenvalue weighted by atomic mass is 10.1. The summed E-state index contributed by atoms with van der Waals surface area (Å²) in [4.78, 5) is 24.6. The third-order valence-corrected chi connectivity index (χ3v) is 3.18. The van der Waals surface area contributed by atoms with Crippen molar-refractivity contribution in [3.05, 3.63) is 21.9 Å². The highest BCUT2D eigenvalue weighted by Gasteiger charge is 2.26. The Morgan fingerprint density at radius 2 is 2.43 bits per heavy atom. The van der Waals surface area contributed by atoms with E-state index in [0.717, 1.165) is 11.3 Å². The van der Waals surface area contributed by atoms with Gasteiger partial charge in [0.15, 0.2) is 0 Å². The van der Waals surface area contributed by atoms with Crippen molar-refractivity contribution >= 4 is 23.2 Å². The number of aliphatic carboxylic acids is 1. The molecule has 0 unspecified atom stereocenters. The van der Waals surface area contributed by atoms with Crippen LogP contribution in [0.25, 0.3) is 0 Å². The van der Waals surface area contributed by atoms with Crippen molar-refractivity contribution in [3.8, 4) is 0 Å². The first-order chi connectivity index (χ1) is 6.68. The fraction of sp³-hybridized carbons (Fsp3) is 0.333. The van der Waals surface area contributed by atoms with E-state index in [9.17, 15) is 9.59 Å². The van der Waals surface area contributed by atoms with Crippen LogP contribution < -0.4 is 0 Å². The largest absolute Gasteiger partial charge is 0.480 e. The highest BCUT2D eigenvalue weighted by molar-refractivity contribution is 7.10. The molecule has 0 aliphatic carbocycles. The predicted octanol–water partition coefficient (Wildman–Crippen LogP) is 0.831. The van der Waals surface area contributed by atoms with Crippen LogP contribution in [0, 0.1) is 0 Å². The summed E-state index contributed by atoms with van der Waals surface area (Å²) in [6.45, 7) is 0.312. The molecule has 0 saturated heterocycles. The molecular formula is C9H9NO3S. The lowest BCUT2D eigenvalue weighted by molar-refractivity contribution is -0.137. The van der Waals surface area contributed by atoms with E-state index >= 15 is 0 Å². The number of carbonyl (C=O) groups excluding carboxylic acids is 1. The molecule has 0 fully saturated rings. The number of hydrogen-bond donors (Lipinski definition) is 1. The van der Waals surface area contributed by atoms with Gasteiger partial charge in [-0.15, -0.1) is 11.3 Å². The van der Waals surface area contributed by atoms with Crippen molar-refractivity contribution in [2.45, 2.75) is 6.42 Å². The average Bonchev–Trinajstić information content (AvgIpc) is 2.57. The number of nitrogens with zero attached hydrogens (tertiary/aromatic N) is 1. The van der Waals surface area contributed by atoms with Gasteiger partial charge in [-0.25, -0.2) is 0 Å². The summed E-state index contributed by atoms with van der Waals surface area (Å²) in [7, 11) is 0. The number of thiophene rings is 1. The van der Waals surface area contributed by atoms with Crippen LogP contribution in [0.5, 0.6) is 0 Å². The monoisotopic (exact) mass is 211 g/mol. The third-order valence-electron chi connectivity index (χ3n) is 2.20. The molecule has 74 valence electrons. The molecule has 2 heterocycles. The standard InChI is InChI=1S/C9H9NO3S/c11-8(12)5-10-3-1-7-6(9(10)13)2-4-14-7/h2,4H,1,3,5H2,(H,11,12). The first kappa shape index (κ1) is 9.21. The Bertz CT molecular complexity index is 385. The molecule has 0 spiro atoms. The summed E-state index contributed by atoms with van der Waals surface area (Å²) in [6.07, 6.45) is 0.770. The molecule has 0 saturated carbocycles. The molecule has 1 aromatic heterocycles. The van der Waals surface area contributed by atoms with Crippen LogP contribution in [0.4, 0.5) is 0 Å². The predicted molar refractivity (Wildman–Crippen MR) is 51.6 cm³/mol. The van der Waals surface area contributed by atoms with Crippen LogP contribution in [0.15, 0.2) is 11.4 Å². The Labute approximate surface area is 84.8 Å². The summed E-state index contributed by atoms with van der Waals surface area (Å²) in [6, 6.07) is 1.76. The van der Waals surface area contributed by atoms with Crippen molar-refractivity contribution in [2.24, 2.45) is 0 Å². The molecule has 0 radical (unpaired) electrons. The maximum atomic E-state index is 11.7. The number of carboxylic acid groups (broad SMARTS) is 1. The Morgan fingerprint density at radius 3 is 3.14 bits per heavy atom. The van der Waals surface area contributed by atoms with Gasteiger partial charge < -0.3 is 10.0 Å². The Morgan fingerprint density at radius 1 is 1.64 bits per heavy atom. The van der Waals surface area contributed by atoms with E-state index in [1.807, 2.05) is 5.38 Å². The Balaban J connectivity index is 2.21. The van der Waals surface area contributed by atoms with Crippen LogP contribution in [0.1, 0.15) is 15.2 Å². The van der Waals surface area contributed by atoms with Crippen LogP contribution in [-0.2, 0) is 11.2 Å². The molecule has 1 aliphatic rings. The van der Waals surface area contributed by atoms with E-state index in [1.54, 1.807) is 17.4 Å². The maximum absolute atomic E-state index is 11.7. The maximum Gasteiger partial charge on any atom is 0.323 e. The van der Waals surface area contributed by atoms with E-state index in [2.05, 4.69) is 0 Å². The van der Waals surface area contributed by atoms with E-state index < -0.39 is 5.97 Å². The van der Waals surface area contributed by atoms with Crippen molar-refractivity contribution in [1.29, 1.82) is 0 Å². The second kappa shape index (κ2) is 3.42. The molecule has 1 aromatic rings. The van der Waals surface area contributed by atoms with Gasteiger partial charge in [-0.1, -0.05) is 0 Å². The first-order valence-electron chi connectivity index (χ1n) is 4.26. The van der Waals surface area contributed by atoms with Gasteiger partial charge in [-0.05, 0) is 11.4 Å². The zero-order chi connectivity index (χ0) is 10.1. The molecule has 0 aromatic carbocycles. The molecule has 14 heavy (non-hydrogen) atoms. The van der Waals surface area contributed by atoms with Crippen LogP contribution in [0.2, 0.25) is 0 Å². The van der Waals surface area contributed by atoms with E-state index in [-0.39, 0.29) is 12.5 Å². The van der Waals surface area contributed by atoms with Gasteiger partial charge in [0, 0.05) is 17.8 Å². The van der Waals surface area contributed by atoms with Crippen LogP contribution in [0.3, 0.4) is 0 Å². The van der Waals surface area contributed by atoms with E-state index in [1.165, 1.54) is 4.90 Å². The number of carbonyl (C=O) groups is 2. The number of rotatable bonds is 2. The van der Waals surface area contributed by atoms with Gasteiger partial charge in [0.25, 0.3) is 5.91 Å². The molecule has 0 atom stereocenters. The van der Waals surface area contributed by atoms with E-state index in [0.29, 0.717) is 12.1 Å². The van der Waals surface area contributed by atoms with Gasteiger partial charge in [-0.2, -0.15) is 0 Å². The third kappa shape index (κ3) is 1.50. The highest BCUT2D eigenvalue weighted by Crippen LogP contribution is 2.23. The minimum absolute atomic E-state index is 0.157. The van der Waals surface area contributed by atoms with Crippen LogP contribution >= 0.6 is 11.3 Å². The zero-order valence-corrected chi connectivity index (χ0v) is 8.21.